The van der Waals surface area contributed by atoms with Gasteiger partial charge in [-0.1, -0.05) is 30.3 Å². The van der Waals surface area contributed by atoms with E-state index in [4.69, 9.17) is 0 Å². The van der Waals surface area contributed by atoms with E-state index in [2.05, 4.69) is 5.32 Å². The molecule has 0 saturated heterocycles. The highest BCUT2D eigenvalue weighted by molar-refractivity contribution is 5.54. The second kappa shape index (κ2) is 6.37. The maximum atomic E-state index is 10.8. The fraction of sp³-hybridized carbons (Fsp3) is 0.250. The number of nitro benzene ring substituents is 1. The largest absolute Gasteiger partial charge is 0.389 e. The first-order valence-electron chi connectivity index (χ1n) is 6.77. The number of aliphatic hydroxyl groups excluding tert-OH is 1. The quantitative estimate of drug-likeness (QED) is 0.647. The molecular weight excluding hydrogens is 268 g/mol. The Morgan fingerprint density at radius 2 is 1.86 bits per heavy atom. The summed E-state index contributed by atoms with van der Waals surface area (Å²) in [6.07, 6.45) is -0.578. The number of para-hydroxylation sites is 1. The number of anilines is 1. The van der Waals surface area contributed by atoms with Crippen LogP contribution in [0.1, 0.15) is 37.1 Å². The molecular formula is C16H18N2O3. The van der Waals surface area contributed by atoms with Crippen LogP contribution >= 0.6 is 0 Å². The number of rotatable bonds is 5. The molecule has 0 heterocycles. The van der Waals surface area contributed by atoms with E-state index in [0.717, 1.165) is 16.8 Å². The van der Waals surface area contributed by atoms with E-state index in [-0.39, 0.29) is 11.7 Å². The molecule has 110 valence electrons. The Kier molecular flexibility index (Phi) is 4.55. The lowest BCUT2D eigenvalue weighted by Gasteiger charge is -2.19. The number of non-ortho nitro benzene ring substituents is 1. The van der Waals surface area contributed by atoms with Crippen molar-refractivity contribution in [2.24, 2.45) is 0 Å². The van der Waals surface area contributed by atoms with Gasteiger partial charge < -0.3 is 10.4 Å². The number of nitrogens with zero attached hydrogens (tertiary/aromatic N) is 1. The van der Waals surface area contributed by atoms with Crippen LogP contribution in [0.4, 0.5) is 11.4 Å². The van der Waals surface area contributed by atoms with Crippen LogP contribution in [0.5, 0.6) is 0 Å². The molecule has 0 aliphatic carbocycles. The average molecular weight is 286 g/mol. The summed E-state index contributed by atoms with van der Waals surface area (Å²) < 4.78 is 0. The summed E-state index contributed by atoms with van der Waals surface area (Å²) in [4.78, 5) is 10.4. The van der Waals surface area contributed by atoms with Gasteiger partial charge in [0, 0.05) is 29.4 Å². The fourth-order valence-electron chi connectivity index (χ4n) is 2.22. The van der Waals surface area contributed by atoms with Gasteiger partial charge in [-0.15, -0.1) is 0 Å². The zero-order valence-corrected chi connectivity index (χ0v) is 12.0. The van der Waals surface area contributed by atoms with Crippen molar-refractivity contribution in [1.29, 1.82) is 0 Å². The van der Waals surface area contributed by atoms with Crippen LogP contribution in [0.2, 0.25) is 0 Å². The van der Waals surface area contributed by atoms with Crippen molar-refractivity contribution in [3.05, 3.63) is 69.8 Å². The second-order valence-corrected chi connectivity index (χ2v) is 4.98. The smallest absolute Gasteiger partial charge is 0.269 e. The van der Waals surface area contributed by atoms with Crippen molar-refractivity contribution in [3.63, 3.8) is 0 Å². The van der Waals surface area contributed by atoms with Crippen LogP contribution < -0.4 is 5.32 Å². The molecule has 2 rings (SSSR count). The SMILES string of the molecule is CC(O)c1ccccc1NC(C)c1cccc([N+](=O)[O-])c1. The van der Waals surface area contributed by atoms with Gasteiger partial charge in [-0.2, -0.15) is 0 Å². The lowest BCUT2D eigenvalue weighted by molar-refractivity contribution is -0.384. The molecule has 0 fully saturated rings. The summed E-state index contributed by atoms with van der Waals surface area (Å²) in [6.45, 7) is 3.64. The van der Waals surface area contributed by atoms with Crippen molar-refractivity contribution in [1.82, 2.24) is 0 Å². The van der Waals surface area contributed by atoms with Gasteiger partial charge in [0.2, 0.25) is 0 Å². The highest BCUT2D eigenvalue weighted by atomic mass is 16.6. The standard InChI is InChI=1S/C16H18N2O3/c1-11(13-6-5-7-14(10-13)18(20)21)17-16-9-4-3-8-15(16)12(2)19/h3-12,17,19H,1-2H3. The van der Waals surface area contributed by atoms with Gasteiger partial charge >= 0.3 is 0 Å². The van der Waals surface area contributed by atoms with Crippen molar-refractivity contribution in [2.75, 3.05) is 5.32 Å². The third-order valence-corrected chi connectivity index (χ3v) is 3.36. The minimum absolute atomic E-state index is 0.0740. The molecule has 2 atom stereocenters. The highest BCUT2D eigenvalue weighted by Gasteiger charge is 2.13. The zero-order chi connectivity index (χ0) is 15.4. The predicted molar refractivity (Wildman–Crippen MR) is 82.2 cm³/mol. The van der Waals surface area contributed by atoms with Crippen LogP contribution in [0.25, 0.3) is 0 Å². The summed E-state index contributed by atoms with van der Waals surface area (Å²) in [6, 6.07) is 13.9. The highest BCUT2D eigenvalue weighted by Crippen LogP contribution is 2.27. The Labute approximate surface area is 123 Å². The number of aliphatic hydroxyl groups is 1. The normalized spacial score (nSPS) is 13.5. The lowest BCUT2D eigenvalue weighted by atomic mass is 10.0. The summed E-state index contributed by atoms with van der Waals surface area (Å²) in [7, 11) is 0. The third-order valence-electron chi connectivity index (χ3n) is 3.36. The molecule has 2 N–H and O–H groups in total. The van der Waals surface area contributed by atoms with Gasteiger partial charge in [0.05, 0.1) is 11.0 Å². The second-order valence-electron chi connectivity index (χ2n) is 4.98. The Hall–Kier alpha value is -2.40. The zero-order valence-electron chi connectivity index (χ0n) is 12.0. The number of nitro groups is 1. The van der Waals surface area contributed by atoms with Gasteiger partial charge in [0.15, 0.2) is 0 Å². The van der Waals surface area contributed by atoms with Crippen LogP contribution in [0.3, 0.4) is 0 Å². The van der Waals surface area contributed by atoms with E-state index in [1.165, 1.54) is 6.07 Å². The van der Waals surface area contributed by atoms with E-state index in [1.54, 1.807) is 19.1 Å². The molecule has 5 nitrogen and oxygen atoms in total. The first kappa shape index (κ1) is 15.0. The molecule has 21 heavy (non-hydrogen) atoms. The van der Waals surface area contributed by atoms with E-state index >= 15 is 0 Å². The van der Waals surface area contributed by atoms with Gasteiger partial charge in [-0.05, 0) is 25.5 Å². The number of hydrogen-bond donors (Lipinski definition) is 2. The van der Waals surface area contributed by atoms with Crippen molar-refractivity contribution in [2.45, 2.75) is 26.0 Å². The van der Waals surface area contributed by atoms with E-state index in [1.807, 2.05) is 37.3 Å². The Morgan fingerprint density at radius 1 is 1.14 bits per heavy atom. The number of hydrogen-bond acceptors (Lipinski definition) is 4. The molecule has 0 aliphatic heterocycles. The van der Waals surface area contributed by atoms with Crippen LogP contribution in [-0.2, 0) is 0 Å². The third kappa shape index (κ3) is 3.58. The monoisotopic (exact) mass is 286 g/mol. The fourth-order valence-corrected chi connectivity index (χ4v) is 2.22. The van der Waals surface area contributed by atoms with Gasteiger partial charge in [-0.25, -0.2) is 0 Å². The number of benzene rings is 2. The first-order chi connectivity index (χ1) is 9.99. The molecule has 0 aromatic heterocycles. The Bertz CT molecular complexity index is 641. The minimum Gasteiger partial charge on any atom is -0.389 e. The van der Waals surface area contributed by atoms with Crippen LogP contribution in [-0.4, -0.2) is 10.0 Å². The molecule has 0 amide bonds. The molecule has 2 aromatic rings. The lowest BCUT2D eigenvalue weighted by Crippen LogP contribution is -2.09. The molecule has 0 aliphatic rings. The van der Waals surface area contributed by atoms with Gasteiger partial charge in [0.25, 0.3) is 5.69 Å². The van der Waals surface area contributed by atoms with E-state index < -0.39 is 11.0 Å². The topological polar surface area (TPSA) is 75.4 Å². The Morgan fingerprint density at radius 3 is 2.52 bits per heavy atom. The summed E-state index contributed by atoms with van der Waals surface area (Å²) >= 11 is 0. The number of nitrogens with one attached hydrogen (secondary N) is 1. The summed E-state index contributed by atoms with van der Waals surface area (Å²) in [5, 5.41) is 23.9. The Balaban J connectivity index is 2.24. The summed E-state index contributed by atoms with van der Waals surface area (Å²) in [5.74, 6) is 0. The van der Waals surface area contributed by atoms with Crippen LogP contribution in [0.15, 0.2) is 48.5 Å². The first-order valence-corrected chi connectivity index (χ1v) is 6.77. The van der Waals surface area contributed by atoms with E-state index in [0.29, 0.717) is 0 Å². The molecule has 0 saturated carbocycles. The predicted octanol–water partition coefficient (Wildman–Crippen LogP) is 3.82. The molecule has 2 aromatic carbocycles. The van der Waals surface area contributed by atoms with Gasteiger partial charge in [0.1, 0.15) is 0 Å². The maximum absolute atomic E-state index is 10.8. The van der Waals surface area contributed by atoms with Crippen LogP contribution in [0, 0.1) is 10.1 Å². The molecule has 0 radical (unpaired) electrons. The maximum Gasteiger partial charge on any atom is 0.269 e. The van der Waals surface area contributed by atoms with E-state index in [9.17, 15) is 15.2 Å². The minimum atomic E-state index is -0.578. The molecule has 2 unspecified atom stereocenters. The van der Waals surface area contributed by atoms with Crippen molar-refractivity contribution in [3.8, 4) is 0 Å². The molecule has 0 spiro atoms. The van der Waals surface area contributed by atoms with Gasteiger partial charge in [-0.3, -0.25) is 10.1 Å². The average Bonchev–Trinajstić information content (AvgIpc) is 2.47. The summed E-state index contributed by atoms with van der Waals surface area (Å²) in [5.41, 5.74) is 2.52. The molecule has 5 heteroatoms. The van der Waals surface area contributed by atoms with Crippen molar-refractivity contribution >= 4 is 11.4 Å². The van der Waals surface area contributed by atoms with Crippen molar-refractivity contribution < 1.29 is 10.0 Å². The molecule has 0 bridgehead atoms.